The van der Waals surface area contributed by atoms with Crippen molar-refractivity contribution in [2.75, 3.05) is 5.73 Å². The maximum Gasteiger partial charge on any atom is 0.202 e. The molecule has 2 heterocycles. The molecule has 2 aromatic heterocycles. The van der Waals surface area contributed by atoms with Gasteiger partial charge in [0.05, 0.1) is 0 Å². The standard InChI is InChI=1S/C11H16N4/c1-7(2)6-15-10-9(14-11(15)12)4-8(3)5-13-10/h4-5,7H,6H2,1-3H3,(H2,12,14). The highest BCUT2D eigenvalue weighted by atomic mass is 15.2. The first kappa shape index (κ1) is 9.96. The number of pyridine rings is 1. The lowest BCUT2D eigenvalue weighted by atomic mass is 10.2. The van der Waals surface area contributed by atoms with Gasteiger partial charge in [-0.2, -0.15) is 0 Å². The Morgan fingerprint density at radius 2 is 2.20 bits per heavy atom. The number of fused-ring (bicyclic) bond motifs is 1. The van der Waals surface area contributed by atoms with Crippen LogP contribution in [0.3, 0.4) is 0 Å². The molecule has 0 spiro atoms. The summed E-state index contributed by atoms with van der Waals surface area (Å²) in [5, 5.41) is 0. The van der Waals surface area contributed by atoms with Crippen LogP contribution in [0.25, 0.3) is 11.2 Å². The van der Waals surface area contributed by atoms with E-state index >= 15 is 0 Å². The number of imidazole rings is 1. The highest BCUT2D eigenvalue weighted by Gasteiger charge is 2.10. The van der Waals surface area contributed by atoms with Gasteiger partial charge in [-0.25, -0.2) is 9.97 Å². The van der Waals surface area contributed by atoms with Crippen molar-refractivity contribution in [3.63, 3.8) is 0 Å². The third kappa shape index (κ3) is 1.79. The SMILES string of the molecule is Cc1cnc2c(c1)nc(N)n2CC(C)C. The highest BCUT2D eigenvalue weighted by molar-refractivity contribution is 5.74. The minimum absolute atomic E-state index is 0.535. The van der Waals surface area contributed by atoms with Gasteiger partial charge in [-0.15, -0.1) is 0 Å². The second-order valence-electron chi connectivity index (χ2n) is 4.33. The molecule has 2 N–H and O–H groups in total. The van der Waals surface area contributed by atoms with Gasteiger partial charge in [0.2, 0.25) is 5.95 Å². The van der Waals surface area contributed by atoms with Crippen LogP contribution in [0.1, 0.15) is 19.4 Å². The van der Waals surface area contributed by atoms with Gasteiger partial charge in [-0.1, -0.05) is 13.8 Å². The number of rotatable bonds is 2. The van der Waals surface area contributed by atoms with Gasteiger partial charge in [0.15, 0.2) is 5.65 Å². The molecule has 0 aliphatic heterocycles. The Balaban J connectivity index is 2.58. The number of aryl methyl sites for hydroxylation is 1. The summed E-state index contributed by atoms with van der Waals surface area (Å²) < 4.78 is 1.97. The predicted molar refractivity (Wildman–Crippen MR) is 61.5 cm³/mol. The number of hydrogen-bond acceptors (Lipinski definition) is 3. The zero-order valence-corrected chi connectivity index (χ0v) is 9.36. The minimum Gasteiger partial charge on any atom is -0.369 e. The summed E-state index contributed by atoms with van der Waals surface area (Å²) in [6.45, 7) is 7.17. The lowest BCUT2D eigenvalue weighted by molar-refractivity contribution is 0.535. The molecule has 0 aromatic carbocycles. The van der Waals surface area contributed by atoms with Gasteiger partial charge in [0.25, 0.3) is 0 Å². The largest absolute Gasteiger partial charge is 0.369 e. The van der Waals surface area contributed by atoms with E-state index in [1.807, 2.05) is 23.8 Å². The third-order valence-corrected chi connectivity index (χ3v) is 2.30. The van der Waals surface area contributed by atoms with Gasteiger partial charge in [-0.05, 0) is 24.5 Å². The Hall–Kier alpha value is -1.58. The monoisotopic (exact) mass is 204 g/mol. The third-order valence-electron chi connectivity index (χ3n) is 2.30. The van der Waals surface area contributed by atoms with E-state index in [4.69, 9.17) is 5.73 Å². The van der Waals surface area contributed by atoms with Crippen LogP contribution >= 0.6 is 0 Å². The first-order valence-electron chi connectivity index (χ1n) is 5.16. The zero-order chi connectivity index (χ0) is 11.0. The molecule has 0 saturated carbocycles. The number of hydrogen-bond donors (Lipinski definition) is 1. The summed E-state index contributed by atoms with van der Waals surface area (Å²) in [7, 11) is 0. The number of nitrogens with zero attached hydrogens (tertiary/aromatic N) is 3. The number of aromatic nitrogens is 3. The lowest BCUT2D eigenvalue weighted by Gasteiger charge is -2.08. The molecule has 0 aliphatic rings. The zero-order valence-electron chi connectivity index (χ0n) is 9.36. The molecule has 2 rings (SSSR count). The van der Waals surface area contributed by atoms with Gasteiger partial charge in [0.1, 0.15) is 5.52 Å². The fourth-order valence-corrected chi connectivity index (χ4v) is 1.67. The molecule has 2 aromatic rings. The summed E-state index contributed by atoms with van der Waals surface area (Å²) in [6, 6.07) is 2.01. The Kier molecular flexibility index (Phi) is 2.34. The Morgan fingerprint density at radius 1 is 1.47 bits per heavy atom. The number of anilines is 1. The molecule has 4 heteroatoms. The van der Waals surface area contributed by atoms with Gasteiger partial charge >= 0.3 is 0 Å². The normalized spacial score (nSPS) is 11.5. The van der Waals surface area contributed by atoms with E-state index < -0.39 is 0 Å². The smallest absolute Gasteiger partial charge is 0.202 e. The van der Waals surface area contributed by atoms with Crippen LogP contribution in [0.2, 0.25) is 0 Å². The summed E-state index contributed by atoms with van der Waals surface area (Å²) in [4.78, 5) is 8.68. The molecule has 0 bridgehead atoms. The molecule has 0 unspecified atom stereocenters. The second kappa shape index (κ2) is 3.53. The van der Waals surface area contributed by atoms with Crippen LogP contribution in [-0.2, 0) is 6.54 Å². The van der Waals surface area contributed by atoms with Crippen LogP contribution in [-0.4, -0.2) is 14.5 Å². The van der Waals surface area contributed by atoms with Crippen molar-refractivity contribution in [2.24, 2.45) is 5.92 Å². The molecule has 0 radical (unpaired) electrons. The van der Waals surface area contributed by atoms with Gasteiger partial charge in [0, 0.05) is 12.7 Å². The highest BCUT2D eigenvalue weighted by Crippen LogP contribution is 2.17. The van der Waals surface area contributed by atoms with Crippen LogP contribution < -0.4 is 5.73 Å². The van der Waals surface area contributed by atoms with E-state index in [2.05, 4.69) is 23.8 Å². The topological polar surface area (TPSA) is 56.7 Å². The molecule has 0 fully saturated rings. The molecule has 15 heavy (non-hydrogen) atoms. The Bertz CT molecular complexity index is 485. The van der Waals surface area contributed by atoms with E-state index in [9.17, 15) is 0 Å². The maximum atomic E-state index is 5.86. The minimum atomic E-state index is 0.535. The quantitative estimate of drug-likeness (QED) is 0.813. The summed E-state index contributed by atoms with van der Waals surface area (Å²) >= 11 is 0. The molecule has 0 atom stereocenters. The van der Waals surface area contributed by atoms with Crippen molar-refractivity contribution in [1.82, 2.24) is 14.5 Å². The van der Waals surface area contributed by atoms with E-state index in [1.54, 1.807) is 0 Å². The van der Waals surface area contributed by atoms with E-state index in [0.29, 0.717) is 11.9 Å². The first-order valence-corrected chi connectivity index (χ1v) is 5.16. The van der Waals surface area contributed by atoms with E-state index in [-0.39, 0.29) is 0 Å². The van der Waals surface area contributed by atoms with Crippen LogP contribution in [0.5, 0.6) is 0 Å². The van der Waals surface area contributed by atoms with E-state index in [0.717, 1.165) is 23.3 Å². The maximum absolute atomic E-state index is 5.86. The second-order valence-corrected chi connectivity index (χ2v) is 4.33. The number of nitrogen functional groups attached to an aromatic ring is 1. The first-order chi connectivity index (χ1) is 7.08. The molecule has 4 nitrogen and oxygen atoms in total. The van der Waals surface area contributed by atoms with Crippen LogP contribution in [0.15, 0.2) is 12.3 Å². The summed E-state index contributed by atoms with van der Waals surface area (Å²) in [6.07, 6.45) is 1.85. The van der Waals surface area contributed by atoms with Crippen molar-refractivity contribution >= 4 is 17.1 Å². The fourth-order valence-electron chi connectivity index (χ4n) is 1.67. The van der Waals surface area contributed by atoms with Crippen molar-refractivity contribution in [3.05, 3.63) is 17.8 Å². The van der Waals surface area contributed by atoms with Crippen molar-refractivity contribution in [3.8, 4) is 0 Å². The van der Waals surface area contributed by atoms with Crippen molar-refractivity contribution in [2.45, 2.75) is 27.3 Å². The van der Waals surface area contributed by atoms with Crippen molar-refractivity contribution in [1.29, 1.82) is 0 Å². The van der Waals surface area contributed by atoms with Crippen LogP contribution in [0.4, 0.5) is 5.95 Å². The molecule has 0 aliphatic carbocycles. The van der Waals surface area contributed by atoms with Crippen LogP contribution in [0, 0.1) is 12.8 Å². The number of nitrogens with two attached hydrogens (primary N) is 1. The van der Waals surface area contributed by atoms with E-state index in [1.165, 1.54) is 0 Å². The summed E-state index contributed by atoms with van der Waals surface area (Å²) in [5.41, 5.74) is 8.74. The van der Waals surface area contributed by atoms with Gasteiger partial charge in [-0.3, -0.25) is 4.57 Å². The molecule has 0 amide bonds. The summed E-state index contributed by atoms with van der Waals surface area (Å²) in [5.74, 6) is 1.09. The average Bonchev–Trinajstić information content (AvgIpc) is 2.41. The Morgan fingerprint density at radius 3 is 2.87 bits per heavy atom. The lowest BCUT2D eigenvalue weighted by Crippen LogP contribution is -2.08. The van der Waals surface area contributed by atoms with Crippen molar-refractivity contribution < 1.29 is 0 Å². The molecule has 80 valence electrons. The average molecular weight is 204 g/mol. The predicted octanol–water partition coefficient (Wildman–Crippen LogP) is 1.98. The van der Waals surface area contributed by atoms with Gasteiger partial charge < -0.3 is 5.73 Å². The molecular weight excluding hydrogens is 188 g/mol. The Labute approximate surface area is 89.1 Å². The molecular formula is C11H16N4. The molecule has 0 saturated heterocycles. The fraction of sp³-hybridized carbons (Fsp3) is 0.455.